The molecule has 0 radical (unpaired) electrons. The molecule has 0 bridgehead atoms. The summed E-state index contributed by atoms with van der Waals surface area (Å²) in [7, 11) is 0. The van der Waals surface area contributed by atoms with Gasteiger partial charge in [-0.1, -0.05) is 268 Å². The van der Waals surface area contributed by atoms with Gasteiger partial charge in [-0.2, -0.15) is 0 Å². The van der Waals surface area contributed by atoms with Gasteiger partial charge in [0.25, 0.3) is 0 Å². The maximum absolute atomic E-state index is 12.9. The van der Waals surface area contributed by atoms with Gasteiger partial charge in [0.15, 0.2) is 6.10 Å². The van der Waals surface area contributed by atoms with Crippen LogP contribution in [0.1, 0.15) is 271 Å². The molecule has 1 unspecified atom stereocenters. The minimum atomic E-state index is -0.815. The molecule has 0 aliphatic rings. The molecule has 0 saturated heterocycles. The predicted molar refractivity (Wildman–Crippen MR) is 357 cm³/mol. The van der Waals surface area contributed by atoms with Crippen molar-refractivity contribution >= 4 is 17.9 Å². The zero-order valence-corrected chi connectivity index (χ0v) is 52.7. The normalized spacial score (nSPS) is 13.3. The lowest BCUT2D eigenvalue weighted by molar-refractivity contribution is -0.167. The molecule has 6 nitrogen and oxygen atoms in total. The first-order valence-corrected chi connectivity index (χ1v) is 33.1. The van der Waals surface area contributed by atoms with Crippen LogP contribution < -0.4 is 0 Å². The fraction of sp³-hybridized carbons (Fsp3) is 0.592. The summed E-state index contributed by atoms with van der Waals surface area (Å²) in [6, 6.07) is 0. The number of unbranched alkanes of at least 4 members (excludes halogenated alkanes) is 19. The van der Waals surface area contributed by atoms with Gasteiger partial charge in [-0.25, -0.2) is 0 Å². The molecule has 0 saturated carbocycles. The molecule has 0 aromatic heterocycles. The average molecular weight is 1130 g/mol. The Kier molecular flexibility index (Phi) is 63.9. The molecule has 0 heterocycles. The summed E-state index contributed by atoms with van der Waals surface area (Å²) in [4.78, 5) is 38.2. The van der Waals surface area contributed by atoms with Gasteiger partial charge in [0.05, 0.1) is 0 Å². The maximum Gasteiger partial charge on any atom is 0.306 e. The number of hydrogen-bond donors (Lipinski definition) is 0. The number of allylic oxidation sites excluding steroid dienone is 28. The van der Waals surface area contributed by atoms with Crippen LogP contribution in [0.2, 0.25) is 0 Å². The monoisotopic (exact) mass is 1130 g/mol. The second kappa shape index (κ2) is 68.3. The van der Waals surface area contributed by atoms with E-state index in [0.717, 1.165) is 161 Å². The summed E-state index contributed by atoms with van der Waals surface area (Å²) in [6.45, 7) is 6.39. The van der Waals surface area contributed by atoms with E-state index in [9.17, 15) is 14.4 Å². The Bertz CT molecular complexity index is 1870. The number of rotatable bonds is 58. The van der Waals surface area contributed by atoms with Crippen molar-refractivity contribution in [3.8, 4) is 0 Å². The molecule has 0 N–H and O–H groups in total. The van der Waals surface area contributed by atoms with Crippen LogP contribution in [0, 0.1) is 0 Å². The third-order valence-corrected chi connectivity index (χ3v) is 13.4. The quantitative estimate of drug-likeness (QED) is 0.0261. The molecule has 0 aromatic carbocycles. The number of carbonyl (C=O) groups is 3. The van der Waals surface area contributed by atoms with Gasteiger partial charge in [0.1, 0.15) is 13.2 Å². The average Bonchev–Trinajstić information content (AvgIpc) is 3.48. The molecule has 0 spiro atoms. The highest BCUT2D eigenvalue weighted by Gasteiger charge is 2.19. The van der Waals surface area contributed by atoms with Crippen LogP contribution in [0.3, 0.4) is 0 Å². The first-order chi connectivity index (χ1) is 40.5. The fourth-order valence-electron chi connectivity index (χ4n) is 8.48. The van der Waals surface area contributed by atoms with Gasteiger partial charge in [0, 0.05) is 19.3 Å². The maximum atomic E-state index is 12.9. The third kappa shape index (κ3) is 65.6. The lowest BCUT2D eigenvalue weighted by atomic mass is 10.1. The zero-order chi connectivity index (χ0) is 59.2. The summed E-state index contributed by atoms with van der Waals surface area (Å²) < 4.78 is 16.8. The van der Waals surface area contributed by atoms with E-state index in [-0.39, 0.29) is 31.1 Å². The molecular formula is C76H120O6. The van der Waals surface area contributed by atoms with E-state index in [1.807, 2.05) is 0 Å². The molecule has 1 atom stereocenters. The standard InChI is InChI=1S/C76H120O6/c1-4-7-10-13-16-19-22-24-26-28-30-32-33-34-35-36-37-38-39-40-41-42-43-45-46-48-50-52-54-57-60-63-66-69-75(78)81-72-73(71-80-74(77)68-65-62-59-56-21-18-15-12-9-6-3)82-76(79)70-67-64-61-58-55-53-51-49-47-44-31-29-27-25-23-20-17-14-11-8-5-2/h7,10,12,15-16,19,23-26,29-32,34-35,37-38,40-41,43,45,47-50,54,57,73H,4-6,8-9,11,13-14,17-18,20-22,27-28,33,36,39,42,44,46,51-53,55-56,58-72H2,1-3H3/b10-7-,15-12-,19-16-,25-23-,26-24-,31-29-,32-30-,35-34-,38-37-,41-40-,45-43-,49-47-,50-48-,57-54-. The molecule has 82 heavy (non-hydrogen) atoms. The minimum absolute atomic E-state index is 0.109. The van der Waals surface area contributed by atoms with E-state index < -0.39 is 6.10 Å². The fourth-order valence-corrected chi connectivity index (χ4v) is 8.48. The van der Waals surface area contributed by atoms with E-state index in [2.05, 4.69) is 191 Å². The minimum Gasteiger partial charge on any atom is -0.462 e. The molecule has 0 fully saturated rings. The van der Waals surface area contributed by atoms with E-state index in [4.69, 9.17) is 14.2 Å². The lowest BCUT2D eigenvalue weighted by Crippen LogP contribution is -2.30. The van der Waals surface area contributed by atoms with E-state index in [0.29, 0.717) is 25.7 Å². The van der Waals surface area contributed by atoms with Crippen LogP contribution in [0.4, 0.5) is 0 Å². The Balaban J connectivity index is 4.38. The van der Waals surface area contributed by atoms with Crippen molar-refractivity contribution in [3.63, 3.8) is 0 Å². The highest BCUT2D eigenvalue weighted by molar-refractivity contribution is 5.71. The van der Waals surface area contributed by atoms with Gasteiger partial charge in [-0.15, -0.1) is 0 Å². The summed E-state index contributed by atoms with van der Waals surface area (Å²) >= 11 is 0. The van der Waals surface area contributed by atoms with Crippen LogP contribution in [-0.2, 0) is 28.6 Å². The second-order valence-electron chi connectivity index (χ2n) is 21.3. The number of ether oxygens (including phenoxy) is 3. The SMILES string of the molecule is CC/C=C\C/C=C\C/C=C\C/C=C\C/C=C\C/C=C\C/C=C\C/C=C\C/C=C\C/C=C\CCCCC(=O)OCC(COC(=O)CCCCCCC/C=C\CCC)OC(=O)CCCCCCCC/C=C\C/C=C\C/C=C\CCCCCCC. The molecule has 6 heteroatoms. The van der Waals surface area contributed by atoms with Crippen LogP contribution in [0.15, 0.2) is 170 Å². The van der Waals surface area contributed by atoms with Crippen LogP contribution in [0.5, 0.6) is 0 Å². The van der Waals surface area contributed by atoms with E-state index in [1.165, 1.54) is 64.2 Å². The van der Waals surface area contributed by atoms with Crippen molar-refractivity contribution in [2.45, 2.75) is 277 Å². The number of carbonyl (C=O) groups excluding carboxylic acids is 3. The van der Waals surface area contributed by atoms with Gasteiger partial charge < -0.3 is 14.2 Å². The van der Waals surface area contributed by atoms with Crippen LogP contribution in [-0.4, -0.2) is 37.2 Å². The Morgan fingerprint density at radius 2 is 0.500 bits per heavy atom. The van der Waals surface area contributed by atoms with Gasteiger partial charge in [-0.05, 0) is 154 Å². The molecule has 460 valence electrons. The Labute approximate surface area is 504 Å². The van der Waals surface area contributed by atoms with Crippen LogP contribution >= 0.6 is 0 Å². The van der Waals surface area contributed by atoms with Crippen molar-refractivity contribution in [2.24, 2.45) is 0 Å². The highest BCUT2D eigenvalue weighted by atomic mass is 16.6. The van der Waals surface area contributed by atoms with Crippen molar-refractivity contribution < 1.29 is 28.6 Å². The zero-order valence-electron chi connectivity index (χ0n) is 52.7. The molecule has 0 rings (SSSR count). The first kappa shape index (κ1) is 76.8. The predicted octanol–water partition coefficient (Wildman–Crippen LogP) is 23.0. The van der Waals surface area contributed by atoms with Crippen LogP contribution in [0.25, 0.3) is 0 Å². The topological polar surface area (TPSA) is 78.9 Å². The van der Waals surface area contributed by atoms with Crippen molar-refractivity contribution in [1.29, 1.82) is 0 Å². The van der Waals surface area contributed by atoms with E-state index >= 15 is 0 Å². The van der Waals surface area contributed by atoms with Gasteiger partial charge in [-0.3, -0.25) is 14.4 Å². The smallest absolute Gasteiger partial charge is 0.306 e. The summed E-state index contributed by atoms with van der Waals surface area (Å²) in [5.74, 6) is -0.982. The van der Waals surface area contributed by atoms with Gasteiger partial charge >= 0.3 is 17.9 Å². The Morgan fingerprint density at radius 1 is 0.256 bits per heavy atom. The highest BCUT2D eigenvalue weighted by Crippen LogP contribution is 2.14. The Morgan fingerprint density at radius 3 is 0.829 bits per heavy atom. The lowest BCUT2D eigenvalue weighted by Gasteiger charge is -2.18. The molecular weight excluding hydrogens is 1010 g/mol. The van der Waals surface area contributed by atoms with Crippen molar-refractivity contribution in [2.75, 3.05) is 13.2 Å². The summed E-state index contributed by atoms with van der Waals surface area (Å²) in [5, 5.41) is 0. The number of hydrogen-bond acceptors (Lipinski definition) is 6. The molecule has 0 aromatic rings. The first-order valence-electron chi connectivity index (χ1n) is 33.1. The van der Waals surface area contributed by atoms with E-state index in [1.54, 1.807) is 0 Å². The molecule has 0 amide bonds. The molecule has 0 aliphatic carbocycles. The largest absolute Gasteiger partial charge is 0.462 e. The Hall–Kier alpha value is -5.23. The number of esters is 3. The second-order valence-corrected chi connectivity index (χ2v) is 21.3. The molecule has 0 aliphatic heterocycles. The summed E-state index contributed by atoms with van der Waals surface area (Å²) in [5.41, 5.74) is 0. The van der Waals surface area contributed by atoms with Crippen molar-refractivity contribution in [3.05, 3.63) is 170 Å². The third-order valence-electron chi connectivity index (χ3n) is 13.4. The summed E-state index contributed by atoms with van der Waals surface area (Å²) in [6.07, 6.45) is 101. The van der Waals surface area contributed by atoms with Gasteiger partial charge in [0.2, 0.25) is 0 Å². The van der Waals surface area contributed by atoms with Crippen molar-refractivity contribution in [1.82, 2.24) is 0 Å².